The molecule has 0 bridgehead atoms. The van der Waals surface area contributed by atoms with Gasteiger partial charge in [0, 0.05) is 6.04 Å². The highest BCUT2D eigenvalue weighted by atomic mass is 16.2. The molecule has 2 N–H and O–H groups in total. The lowest BCUT2D eigenvalue weighted by molar-refractivity contribution is -0.123. The molecule has 1 saturated heterocycles. The Morgan fingerprint density at radius 1 is 1.11 bits per heavy atom. The Balaban J connectivity index is 1.78. The van der Waals surface area contributed by atoms with Crippen LogP contribution in [0.4, 0.5) is 0 Å². The summed E-state index contributed by atoms with van der Waals surface area (Å²) < 4.78 is 0. The molecular weight excluding hydrogens is 224 g/mol. The van der Waals surface area contributed by atoms with E-state index in [2.05, 4.69) is 24.5 Å². The smallest absolute Gasteiger partial charge is 0.237 e. The fourth-order valence-electron chi connectivity index (χ4n) is 3.43. The zero-order chi connectivity index (χ0) is 13.0. The lowest BCUT2D eigenvalue weighted by Crippen LogP contribution is -2.47. The molecule has 104 valence electrons. The van der Waals surface area contributed by atoms with Crippen molar-refractivity contribution in [2.45, 2.75) is 70.9 Å². The summed E-state index contributed by atoms with van der Waals surface area (Å²) in [6.07, 6.45) is 8.97. The van der Waals surface area contributed by atoms with Crippen LogP contribution in [0, 0.1) is 11.8 Å². The Bertz CT molecular complexity index is 268. The molecule has 1 heterocycles. The van der Waals surface area contributed by atoms with Crippen molar-refractivity contribution in [3.8, 4) is 0 Å². The van der Waals surface area contributed by atoms with E-state index in [0.29, 0.717) is 12.0 Å². The summed E-state index contributed by atoms with van der Waals surface area (Å²) in [5.41, 5.74) is 0. The van der Waals surface area contributed by atoms with Crippen LogP contribution in [-0.4, -0.2) is 24.5 Å². The van der Waals surface area contributed by atoms with Gasteiger partial charge in [0.25, 0.3) is 0 Å². The van der Waals surface area contributed by atoms with Gasteiger partial charge in [0.1, 0.15) is 0 Å². The molecule has 0 aromatic carbocycles. The Hall–Kier alpha value is -0.570. The van der Waals surface area contributed by atoms with Crippen molar-refractivity contribution in [3.63, 3.8) is 0 Å². The molecule has 2 rings (SSSR count). The van der Waals surface area contributed by atoms with Crippen LogP contribution in [-0.2, 0) is 4.79 Å². The Labute approximate surface area is 111 Å². The van der Waals surface area contributed by atoms with Crippen LogP contribution in [0.3, 0.4) is 0 Å². The molecule has 3 unspecified atom stereocenters. The zero-order valence-electron chi connectivity index (χ0n) is 11.9. The third-order valence-corrected chi connectivity index (χ3v) is 4.93. The molecule has 18 heavy (non-hydrogen) atoms. The van der Waals surface area contributed by atoms with Gasteiger partial charge < -0.3 is 10.6 Å². The predicted molar refractivity (Wildman–Crippen MR) is 74.4 cm³/mol. The average Bonchev–Trinajstić information content (AvgIpc) is 2.92. The maximum absolute atomic E-state index is 12.1. The van der Waals surface area contributed by atoms with Crippen molar-refractivity contribution in [2.24, 2.45) is 11.8 Å². The van der Waals surface area contributed by atoms with Crippen LogP contribution >= 0.6 is 0 Å². The standard InChI is InChI=1S/C15H28N2O/c1-11(13-7-4-3-5-8-13)12(2)17-15(18)14-9-6-10-16-14/h11-14,16H,3-10H2,1-2H3,(H,17,18). The number of amides is 1. The SMILES string of the molecule is CC(NC(=O)C1CCCN1)C(C)C1CCCCC1. The largest absolute Gasteiger partial charge is 0.352 e. The van der Waals surface area contributed by atoms with E-state index in [1.807, 2.05) is 0 Å². The summed E-state index contributed by atoms with van der Waals surface area (Å²) >= 11 is 0. The minimum absolute atomic E-state index is 0.0611. The molecule has 1 aliphatic heterocycles. The van der Waals surface area contributed by atoms with E-state index in [-0.39, 0.29) is 11.9 Å². The third-order valence-electron chi connectivity index (χ3n) is 4.93. The van der Waals surface area contributed by atoms with Crippen LogP contribution in [0.15, 0.2) is 0 Å². The van der Waals surface area contributed by atoms with E-state index in [4.69, 9.17) is 0 Å². The zero-order valence-corrected chi connectivity index (χ0v) is 11.9. The molecule has 2 fully saturated rings. The van der Waals surface area contributed by atoms with Crippen LogP contribution in [0.1, 0.15) is 58.8 Å². The molecule has 2 aliphatic rings. The van der Waals surface area contributed by atoms with Gasteiger partial charge >= 0.3 is 0 Å². The Morgan fingerprint density at radius 3 is 2.44 bits per heavy atom. The van der Waals surface area contributed by atoms with Crippen molar-refractivity contribution >= 4 is 5.91 Å². The van der Waals surface area contributed by atoms with Crippen LogP contribution in [0.5, 0.6) is 0 Å². The van der Waals surface area contributed by atoms with Crippen LogP contribution < -0.4 is 10.6 Å². The van der Waals surface area contributed by atoms with Crippen molar-refractivity contribution in [1.82, 2.24) is 10.6 Å². The fourth-order valence-corrected chi connectivity index (χ4v) is 3.43. The van der Waals surface area contributed by atoms with Gasteiger partial charge in [-0.15, -0.1) is 0 Å². The summed E-state index contributed by atoms with van der Waals surface area (Å²) in [6.45, 7) is 5.47. The molecule has 3 atom stereocenters. The summed E-state index contributed by atoms with van der Waals surface area (Å²) in [6, 6.07) is 0.369. The molecule has 0 aromatic rings. The van der Waals surface area contributed by atoms with E-state index in [0.717, 1.165) is 25.3 Å². The lowest BCUT2D eigenvalue weighted by atomic mass is 9.78. The number of carbonyl (C=O) groups excluding carboxylic acids is 1. The summed E-state index contributed by atoms with van der Waals surface area (Å²) in [7, 11) is 0. The fraction of sp³-hybridized carbons (Fsp3) is 0.933. The first-order chi connectivity index (χ1) is 8.68. The summed E-state index contributed by atoms with van der Waals surface area (Å²) in [5, 5.41) is 6.49. The van der Waals surface area contributed by atoms with Gasteiger partial charge in [-0.3, -0.25) is 4.79 Å². The van der Waals surface area contributed by atoms with Crippen molar-refractivity contribution < 1.29 is 4.79 Å². The van der Waals surface area contributed by atoms with Crippen LogP contribution in [0.2, 0.25) is 0 Å². The van der Waals surface area contributed by atoms with E-state index in [1.165, 1.54) is 32.1 Å². The first kappa shape index (κ1) is 13.9. The first-order valence-electron chi connectivity index (χ1n) is 7.72. The van der Waals surface area contributed by atoms with Gasteiger partial charge in [-0.2, -0.15) is 0 Å². The van der Waals surface area contributed by atoms with Gasteiger partial charge in [-0.05, 0) is 38.1 Å². The van der Waals surface area contributed by atoms with Gasteiger partial charge in [-0.1, -0.05) is 39.0 Å². The molecule has 3 heteroatoms. The summed E-state index contributed by atoms with van der Waals surface area (Å²) in [4.78, 5) is 12.1. The second-order valence-electron chi connectivity index (χ2n) is 6.20. The highest BCUT2D eigenvalue weighted by Gasteiger charge is 2.28. The molecule has 0 spiro atoms. The van der Waals surface area contributed by atoms with Gasteiger partial charge in [-0.25, -0.2) is 0 Å². The highest BCUT2D eigenvalue weighted by molar-refractivity contribution is 5.82. The third kappa shape index (κ3) is 3.47. The Morgan fingerprint density at radius 2 is 1.83 bits per heavy atom. The quantitative estimate of drug-likeness (QED) is 0.807. The monoisotopic (exact) mass is 252 g/mol. The van der Waals surface area contributed by atoms with Gasteiger partial charge in [0.15, 0.2) is 0 Å². The number of rotatable bonds is 4. The maximum Gasteiger partial charge on any atom is 0.237 e. The molecule has 0 radical (unpaired) electrons. The second kappa shape index (κ2) is 6.55. The van der Waals surface area contributed by atoms with Crippen molar-refractivity contribution in [3.05, 3.63) is 0 Å². The topological polar surface area (TPSA) is 41.1 Å². The predicted octanol–water partition coefficient (Wildman–Crippen LogP) is 2.46. The van der Waals surface area contributed by atoms with Crippen LogP contribution in [0.25, 0.3) is 0 Å². The van der Waals surface area contributed by atoms with E-state index < -0.39 is 0 Å². The molecule has 1 saturated carbocycles. The van der Waals surface area contributed by atoms with Crippen molar-refractivity contribution in [2.75, 3.05) is 6.54 Å². The average molecular weight is 252 g/mol. The molecule has 1 amide bonds. The number of hydrogen-bond donors (Lipinski definition) is 2. The lowest BCUT2D eigenvalue weighted by Gasteiger charge is -2.32. The molecule has 1 aliphatic carbocycles. The summed E-state index contributed by atoms with van der Waals surface area (Å²) in [5.74, 6) is 1.63. The van der Waals surface area contributed by atoms with E-state index in [9.17, 15) is 4.79 Å². The molecule has 3 nitrogen and oxygen atoms in total. The number of carbonyl (C=O) groups is 1. The molecule has 0 aromatic heterocycles. The minimum atomic E-state index is 0.0611. The second-order valence-corrected chi connectivity index (χ2v) is 6.20. The first-order valence-corrected chi connectivity index (χ1v) is 7.72. The van der Waals surface area contributed by atoms with Crippen molar-refractivity contribution in [1.29, 1.82) is 0 Å². The van der Waals surface area contributed by atoms with E-state index in [1.54, 1.807) is 0 Å². The minimum Gasteiger partial charge on any atom is -0.352 e. The molecular formula is C15H28N2O. The highest BCUT2D eigenvalue weighted by Crippen LogP contribution is 2.31. The van der Waals surface area contributed by atoms with E-state index >= 15 is 0 Å². The van der Waals surface area contributed by atoms with Gasteiger partial charge in [0.2, 0.25) is 5.91 Å². The number of nitrogens with one attached hydrogen (secondary N) is 2. The normalized spacial score (nSPS) is 28.9. The maximum atomic E-state index is 12.1. The number of hydrogen-bond acceptors (Lipinski definition) is 2. The van der Waals surface area contributed by atoms with Gasteiger partial charge in [0.05, 0.1) is 6.04 Å². The Kier molecular flexibility index (Phi) is 5.04.